The third kappa shape index (κ3) is 5.53. The van der Waals surface area contributed by atoms with Gasteiger partial charge in [-0.1, -0.05) is 36.4 Å². The van der Waals surface area contributed by atoms with Gasteiger partial charge in [-0.25, -0.2) is 4.79 Å². The predicted molar refractivity (Wildman–Crippen MR) is 141 cm³/mol. The van der Waals surface area contributed by atoms with Crippen molar-refractivity contribution >= 4 is 51.7 Å². The van der Waals surface area contributed by atoms with Gasteiger partial charge in [0.1, 0.15) is 0 Å². The first-order chi connectivity index (χ1) is 16.8. The molecule has 0 unspecified atom stereocenters. The highest BCUT2D eigenvalue weighted by Crippen LogP contribution is 2.26. The number of anilines is 2. The Morgan fingerprint density at radius 2 is 1.46 bits per heavy atom. The van der Waals surface area contributed by atoms with E-state index in [0.29, 0.717) is 22.0 Å². The molecule has 0 spiro atoms. The first kappa shape index (κ1) is 24.0. The van der Waals surface area contributed by atoms with E-state index in [9.17, 15) is 19.5 Å². The molecule has 0 saturated heterocycles. The fraction of sp³-hybridized carbons (Fsp3) is 0.107. The molecule has 0 bridgehead atoms. The van der Waals surface area contributed by atoms with E-state index in [0.717, 1.165) is 21.7 Å². The molecular weight excluding hydrogens is 460 g/mol. The van der Waals surface area contributed by atoms with Crippen molar-refractivity contribution in [3.05, 3.63) is 101 Å². The second kappa shape index (κ2) is 10.4. The maximum Gasteiger partial charge on any atom is 0.336 e. The summed E-state index contributed by atoms with van der Waals surface area (Å²) in [5, 5.41) is 16.4. The average Bonchev–Trinajstić information content (AvgIpc) is 2.85. The zero-order valence-electron chi connectivity index (χ0n) is 19.3. The molecular formula is C28H24N2O4S. The minimum absolute atomic E-state index is 0.0825. The van der Waals surface area contributed by atoms with Crippen molar-refractivity contribution in [2.24, 2.45) is 0 Å². The van der Waals surface area contributed by atoms with Crippen LogP contribution in [0.2, 0.25) is 0 Å². The van der Waals surface area contributed by atoms with Crippen LogP contribution in [-0.2, 0) is 4.79 Å². The van der Waals surface area contributed by atoms with E-state index in [1.807, 2.05) is 44.2 Å². The lowest BCUT2D eigenvalue weighted by atomic mass is 9.98. The smallest absolute Gasteiger partial charge is 0.336 e. The van der Waals surface area contributed by atoms with E-state index in [1.54, 1.807) is 42.5 Å². The average molecular weight is 485 g/mol. The molecule has 4 aromatic carbocycles. The fourth-order valence-corrected chi connectivity index (χ4v) is 4.46. The number of thioether (sulfide) groups is 1. The van der Waals surface area contributed by atoms with E-state index >= 15 is 0 Å². The topological polar surface area (TPSA) is 95.5 Å². The van der Waals surface area contributed by atoms with Gasteiger partial charge in [0.2, 0.25) is 5.91 Å². The number of carboxylic acid groups (broad SMARTS) is 1. The minimum Gasteiger partial charge on any atom is -0.478 e. The van der Waals surface area contributed by atoms with Crippen LogP contribution in [0.25, 0.3) is 10.8 Å². The first-order valence-corrected chi connectivity index (χ1v) is 12.0. The van der Waals surface area contributed by atoms with E-state index in [-0.39, 0.29) is 17.2 Å². The van der Waals surface area contributed by atoms with E-state index in [2.05, 4.69) is 10.6 Å². The Kier molecular flexibility index (Phi) is 7.17. The Hall–Kier alpha value is -4.10. The van der Waals surface area contributed by atoms with Gasteiger partial charge in [-0.2, -0.15) is 0 Å². The van der Waals surface area contributed by atoms with Gasteiger partial charge in [-0.15, -0.1) is 11.8 Å². The quantitative estimate of drug-likeness (QED) is 0.274. The van der Waals surface area contributed by atoms with Crippen molar-refractivity contribution in [3.8, 4) is 0 Å². The molecule has 4 rings (SSSR count). The number of nitrogens with one attached hydrogen (secondary N) is 2. The lowest BCUT2D eigenvalue weighted by molar-refractivity contribution is -0.113. The standard InChI is InChI=1S/C28H24N2O4S/c1-17-6-3-11-24(18(17)2)30-25(31)16-35-21-14-12-20(13-15-21)29-27(32)22-9-4-7-19-8-5-10-23(26(19)22)28(33)34/h3-15H,16H2,1-2H3,(H,29,32)(H,30,31)(H,33,34). The largest absolute Gasteiger partial charge is 0.478 e. The molecule has 6 nitrogen and oxygen atoms in total. The number of aryl methyl sites for hydroxylation is 1. The summed E-state index contributed by atoms with van der Waals surface area (Å²) in [6, 6.07) is 23.0. The van der Waals surface area contributed by atoms with Gasteiger partial charge in [0.25, 0.3) is 5.91 Å². The monoisotopic (exact) mass is 484 g/mol. The van der Waals surface area contributed by atoms with Gasteiger partial charge in [0.05, 0.1) is 11.3 Å². The molecule has 0 aliphatic rings. The summed E-state index contributed by atoms with van der Waals surface area (Å²) in [4.78, 5) is 37.9. The second-order valence-electron chi connectivity index (χ2n) is 8.08. The Balaban J connectivity index is 1.41. The number of hydrogen-bond acceptors (Lipinski definition) is 4. The Morgan fingerprint density at radius 1 is 0.800 bits per heavy atom. The summed E-state index contributed by atoms with van der Waals surface area (Å²) in [6.45, 7) is 3.98. The zero-order chi connectivity index (χ0) is 24.9. The minimum atomic E-state index is -1.08. The molecule has 0 aliphatic carbocycles. The molecule has 35 heavy (non-hydrogen) atoms. The number of benzene rings is 4. The van der Waals surface area contributed by atoms with Crippen LogP contribution < -0.4 is 10.6 Å². The lowest BCUT2D eigenvalue weighted by Crippen LogP contribution is -2.15. The molecule has 2 amide bonds. The predicted octanol–water partition coefficient (Wildman–Crippen LogP) is 6.14. The number of carbonyl (C=O) groups excluding carboxylic acids is 2. The zero-order valence-corrected chi connectivity index (χ0v) is 20.1. The molecule has 0 heterocycles. The molecule has 0 fully saturated rings. The molecule has 0 radical (unpaired) electrons. The van der Waals surface area contributed by atoms with Gasteiger partial charge in [0, 0.05) is 27.2 Å². The normalized spacial score (nSPS) is 10.7. The van der Waals surface area contributed by atoms with Crippen LogP contribution in [0.4, 0.5) is 11.4 Å². The van der Waals surface area contributed by atoms with E-state index in [1.165, 1.54) is 17.8 Å². The number of hydrogen-bond donors (Lipinski definition) is 3. The van der Waals surface area contributed by atoms with Crippen LogP contribution in [0.15, 0.2) is 83.8 Å². The summed E-state index contributed by atoms with van der Waals surface area (Å²) < 4.78 is 0. The molecule has 0 saturated carbocycles. The van der Waals surface area contributed by atoms with Gasteiger partial charge < -0.3 is 15.7 Å². The van der Waals surface area contributed by atoms with Crippen LogP contribution >= 0.6 is 11.8 Å². The molecule has 176 valence electrons. The van der Waals surface area contributed by atoms with Crippen molar-refractivity contribution in [2.75, 3.05) is 16.4 Å². The number of rotatable bonds is 7. The number of amides is 2. The van der Waals surface area contributed by atoms with Crippen LogP contribution in [0.5, 0.6) is 0 Å². The van der Waals surface area contributed by atoms with Gasteiger partial charge in [0.15, 0.2) is 0 Å². The summed E-state index contributed by atoms with van der Waals surface area (Å²) in [6.07, 6.45) is 0. The molecule has 4 aromatic rings. The highest BCUT2D eigenvalue weighted by molar-refractivity contribution is 8.00. The SMILES string of the molecule is Cc1cccc(NC(=O)CSc2ccc(NC(=O)c3cccc4cccc(C(=O)O)c34)cc2)c1C. The van der Waals surface area contributed by atoms with Crippen molar-refractivity contribution in [3.63, 3.8) is 0 Å². The highest BCUT2D eigenvalue weighted by atomic mass is 32.2. The van der Waals surface area contributed by atoms with Crippen LogP contribution in [0.1, 0.15) is 31.8 Å². The first-order valence-electron chi connectivity index (χ1n) is 11.0. The van der Waals surface area contributed by atoms with Gasteiger partial charge >= 0.3 is 5.97 Å². The number of carbonyl (C=O) groups is 3. The second-order valence-corrected chi connectivity index (χ2v) is 9.13. The maximum atomic E-state index is 13.0. The van der Waals surface area contributed by atoms with Crippen molar-refractivity contribution in [2.45, 2.75) is 18.7 Å². The van der Waals surface area contributed by atoms with Gasteiger partial charge in [-0.3, -0.25) is 9.59 Å². The third-order valence-electron chi connectivity index (χ3n) is 5.74. The Labute approximate surface area is 207 Å². The van der Waals surface area contributed by atoms with Crippen molar-refractivity contribution in [1.29, 1.82) is 0 Å². The molecule has 0 aliphatic heterocycles. The maximum absolute atomic E-state index is 13.0. The number of aromatic carboxylic acids is 1. The van der Waals surface area contributed by atoms with E-state index < -0.39 is 11.9 Å². The fourth-order valence-electron chi connectivity index (χ4n) is 3.76. The van der Waals surface area contributed by atoms with Gasteiger partial charge in [-0.05, 0) is 72.8 Å². The van der Waals surface area contributed by atoms with Crippen molar-refractivity contribution in [1.82, 2.24) is 0 Å². The molecule has 0 aromatic heterocycles. The van der Waals surface area contributed by atoms with Crippen LogP contribution in [0.3, 0.4) is 0 Å². The van der Waals surface area contributed by atoms with Crippen LogP contribution in [-0.4, -0.2) is 28.6 Å². The third-order valence-corrected chi connectivity index (χ3v) is 6.75. The number of fused-ring (bicyclic) bond motifs is 1. The summed E-state index contributed by atoms with van der Waals surface area (Å²) in [5.41, 5.74) is 3.93. The highest BCUT2D eigenvalue weighted by Gasteiger charge is 2.16. The molecule has 3 N–H and O–H groups in total. The van der Waals surface area contributed by atoms with Crippen LogP contribution in [0, 0.1) is 13.8 Å². The Bertz CT molecular complexity index is 1430. The lowest BCUT2D eigenvalue weighted by Gasteiger charge is -2.11. The number of carboxylic acids is 1. The summed E-state index contributed by atoms with van der Waals surface area (Å²) in [7, 11) is 0. The molecule has 0 atom stereocenters. The summed E-state index contributed by atoms with van der Waals surface area (Å²) >= 11 is 1.40. The molecule has 7 heteroatoms. The van der Waals surface area contributed by atoms with Crippen molar-refractivity contribution < 1.29 is 19.5 Å². The summed E-state index contributed by atoms with van der Waals surface area (Å²) in [5.74, 6) is -1.31. The Morgan fingerprint density at radius 3 is 2.14 bits per heavy atom. The van der Waals surface area contributed by atoms with E-state index in [4.69, 9.17) is 0 Å².